The highest BCUT2D eigenvalue weighted by atomic mass is 32.2. The lowest BCUT2D eigenvalue weighted by molar-refractivity contribution is 0.0930. The average molecular weight is 536 g/mol. The van der Waals surface area contributed by atoms with Gasteiger partial charge in [0.2, 0.25) is 11.8 Å². The highest BCUT2D eigenvalue weighted by Crippen LogP contribution is 2.40. The molecule has 15 heteroatoms. The third-order valence-corrected chi connectivity index (χ3v) is 9.53. The number of fused-ring (bicyclic) bond motifs is 2. The molecule has 0 amide bonds. The normalized spacial score (nSPS) is 24.8. The average Bonchev–Trinajstić information content (AvgIpc) is 3.20. The lowest BCUT2D eigenvalue weighted by Crippen LogP contribution is -2.64. The number of halogens is 1. The Morgan fingerprint density at radius 3 is 2.62 bits per heavy atom. The van der Waals surface area contributed by atoms with Crippen molar-refractivity contribution in [3.8, 4) is 11.9 Å². The molecule has 3 saturated heterocycles. The van der Waals surface area contributed by atoms with Crippen molar-refractivity contribution >= 4 is 27.8 Å². The van der Waals surface area contributed by atoms with Crippen molar-refractivity contribution in [1.82, 2.24) is 28.8 Å². The van der Waals surface area contributed by atoms with Crippen LogP contribution in [0.1, 0.15) is 37.8 Å². The molecular weight excluding hydrogens is 505 g/mol. The van der Waals surface area contributed by atoms with Gasteiger partial charge < -0.3 is 20.1 Å². The van der Waals surface area contributed by atoms with Crippen LogP contribution in [0.25, 0.3) is 0 Å². The van der Waals surface area contributed by atoms with E-state index in [1.165, 1.54) is 17.5 Å². The second kappa shape index (κ2) is 10.0. The van der Waals surface area contributed by atoms with Crippen LogP contribution < -0.4 is 15.0 Å². The van der Waals surface area contributed by atoms with Crippen molar-refractivity contribution in [2.75, 3.05) is 37.5 Å². The summed E-state index contributed by atoms with van der Waals surface area (Å²) in [5, 5.41) is 27.3. The van der Waals surface area contributed by atoms with Crippen LogP contribution in [-0.2, 0) is 16.8 Å². The minimum atomic E-state index is -3.63. The van der Waals surface area contributed by atoms with Gasteiger partial charge >= 0.3 is 0 Å². The van der Waals surface area contributed by atoms with Crippen LogP contribution in [0.4, 0.5) is 22.0 Å². The molecule has 3 atom stereocenters. The first-order chi connectivity index (χ1) is 17.7. The van der Waals surface area contributed by atoms with Crippen LogP contribution in [0.2, 0.25) is 0 Å². The first-order valence-corrected chi connectivity index (χ1v) is 13.6. The number of anilines is 3. The summed E-state index contributed by atoms with van der Waals surface area (Å²) >= 11 is 0. The number of aromatic nitrogens is 4. The summed E-state index contributed by atoms with van der Waals surface area (Å²) in [6.45, 7) is -0.0150. The van der Waals surface area contributed by atoms with Gasteiger partial charge in [-0.15, -0.1) is 0 Å². The maximum absolute atomic E-state index is 14.4. The van der Waals surface area contributed by atoms with Gasteiger partial charge in [-0.3, -0.25) is 5.10 Å². The van der Waals surface area contributed by atoms with Gasteiger partial charge in [-0.25, -0.2) is 4.39 Å². The van der Waals surface area contributed by atoms with Crippen LogP contribution >= 0.6 is 0 Å². The third kappa shape index (κ3) is 4.70. The van der Waals surface area contributed by atoms with Gasteiger partial charge in [0, 0.05) is 44.3 Å². The van der Waals surface area contributed by atoms with Crippen molar-refractivity contribution < 1.29 is 22.7 Å². The van der Waals surface area contributed by atoms with Crippen molar-refractivity contribution in [2.24, 2.45) is 5.92 Å². The minimum absolute atomic E-state index is 0.0203. The molecule has 200 valence electrons. The number of nitriles is 1. The minimum Gasteiger partial charge on any atom is -0.481 e. The predicted molar refractivity (Wildman–Crippen MR) is 131 cm³/mol. The summed E-state index contributed by atoms with van der Waals surface area (Å²) in [5.41, 5.74) is -0.0458. The van der Waals surface area contributed by atoms with Gasteiger partial charge in [-0.2, -0.15) is 37.4 Å². The largest absolute Gasteiger partial charge is 0.481 e. The second-order valence-corrected chi connectivity index (χ2v) is 11.5. The van der Waals surface area contributed by atoms with Crippen LogP contribution in [-0.4, -0.2) is 87.7 Å². The van der Waals surface area contributed by atoms with Gasteiger partial charge in [0.15, 0.2) is 11.6 Å². The molecule has 2 aromatic heterocycles. The Morgan fingerprint density at radius 2 is 2.03 bits per heavy atom. The maximum atomic E-state index is 14.4. The zero-order chi connectivity index (χ0) is 26.3. The van der Waals surface area contributed by atoms with Gasteiger partial charge in [-0.05, 0) is 25.7 Å². The van der Waals surface area contributed by atoms with Gasteiger partial charge in [0.05, 0.1) is 31.4 Å². The fourth-order valence-electron chi connectivity index (χ4n) is 5.42. The quantitative estimate of drug-likeness (QED) is 0.446. The molecule has 0 radical (unpaired) electrons. The molecule has 0 aromatic carbocycles. The van der Waals surface area contributed by atoms with E-state index >= 15 is 0 Å². The Kier molecular flexibility index (Phi) is 6.92. The zero-order valence-electron chi connectivity index (χ0n) is 20.6. The van der Waals surface area contributed by atoms with Crippen LogP contribution in [0.15, 0.2) is 6.07 Å². The van der Waals surface area contributed by atoms with Crippen LogP contribution in [0.5, 0.6) is 5.88 Å². The highest BCUT2D eigenvalue weighted by Gasteiger charge is 2.50. The number of nitrogens with one attached hydrogen (secondary N) is 2. The first-order valence-electron chi connectivity index (χ1n) is 12.2. The Bertz CT molecular complexity index is 1280. The van der Waals surface area contributed by atoms with E-state index in [1.807, 2.05) is 11.9 Å². The zero-order valence-corrected chi connectivity index (χ0v) is 21.4. The Hall–Kier alpha value is -3.06. The number of hydrogen-bond acceptors (Lipinski definition) is 10. The molecule has 5 heterocycles. The predicted octanol–water partition coefficient (Wildman–Crippen LogP) is 1.11. The SMILES string of the molecule is COc1cc(Nc2n[nH]c(CO)c2F)nc(N(C)[C@@H]2C[C@H]3CCC[C@@H](C2)N3S(=O)(=O)N2CC(C#N)C2)n1. The molecule has 0 unspecified atom stereocenters. The summed E-state index contributed by atoms with van der Waals surface area (Å²) in [7, 11) is -0.301. The molecule has 3 fully saturated rings. The van der Waals surface area contributed by atoms with Crippen molar-refractivity contribution in [1.29, 1.82) is 5.26 Å². The lowest BCUT2D eigenvalue weighted by Gasteiger charge is -2.51. The standard InChI is InChI=1S/C22H30FN9O4S/c1-30(22-26-18(8-19(27-22)36-2)25-21-20(23)17(12-33)28-29-21)16-6-14-4-3-5-15(7-16)32(14)37(34,35)31-10-13(9-24)11-31/h8,13-16,33H,3-7,10-12H2,1-2H3,(H2,25,26,27,28,29)/t14-,15+,16-. The van der Waals surface area contributed by atoms with E-state index in [0.29, 0.717) is 18.8 Å². The van der Waals surface area contributed by atoms with E-state index in [9.17, 15) is 17.9 Å². The van der Waals surface area contributed by atoms with Crippen LogP contribution in [0, 0.1) is 23.1 Å². The lowest BCUT2D eigenvalue weighted by atomic mass is 9.83. The Balaban J connectivity index is 1.35. The molecule has 0 saturated carbocycles. The monoisotopic (exact) mass is 535 g/mol. The van der Waals surface area contributed by atoms with Crippen molar-refractivity contribution in [3.63, 3.8) is 0 Å². The number of aromatic amines is 1. The van der Waals surface area contributed by atoms with E-state index < -0.39 is 22.6 Å². The summed E-state index contributed by atoms with van der Waals surface area (Å²) in [5.74, 6) is -0.192. The van der Waals surface area contributed by atoms with Crippen molar-refractivity contribution in [2.45, 2.75) is 56.8 Å². The fourth-order valence-corrected chi connectivity index (χ4v) is 7.56. The van der Waals surface area contributed by atoms with Gasteiger partial charge in [0.25, 0.3) is 10.2 Å². The first kappa shape index (κ1) is 25.6. The maximum Gasteiger partial charge on any atom is 0.282 e. The molecule has 2 aromatic rings. The molecule has 13 nitrogen and oxygen atoms in total. The summed E-state index contributed by atoms with van der Waals surface area (Å²) in [6, 6.07) is 3.33. The van der Waals surface area contributed by atoms with Crippen LogP contribution in [0.3, 0.4) is 0 Å². The molecule has 37 heavy (non-hydrogen) atoms. The number of hydrogen-bond donors (Lipinski definition) is 3. The van der Waals surface area contributed by atoms with Crippen molar-refractivity contribution in [3.05, 3.63) is 17.6 Å². The molecule has 0 spiro atoms. The molecule has 2 bridgehead atoms. The van der Waals surface area contributed by atoms with E-state index in [2.05, 4.69) is 31.6 Å². The molecule has 0 aliphatic carbocycles. The molecular formula is C22H30FN9O4S. The number of aliphatic hydroxyl groups excluding tert-OH is 1. The number of rotatable bonds is 8. The number of aliphatic hydroxyl groups is 1. The summed E-state index contributed by atoms with van der Waals surface area (Å²) in [6.07, 6.45) is 3.73. The Morgan fingerprint density at radius 1 is 1.32 bits per heavy atom. The summed E-state index contributed by atoms with van der Waals surface area (Å²) < 4.78 is 49.5. The van der Waals surface area contributed by atoms with E-state index in [-0.39, 0.29) is 60.3 Å². The van der Waals surface area contributed by atoms with Gasteiger partial charge in [-0.1, -0.05) is 6.42 Å². The smallest absolute Gasteiger partial charge is 0.282 e. The summed E-state index contributed by atoms with van der Waals surface area (Å²) in [4.78, 5) is 10.9. The highest BCUT2D eigenvalue weighted by molar-refractivity contribution is 7.86. The molecule has 3 aliphatic heterocycles. The molecule has 3 aliphatic rings. The third-order valence-electron chi connectivity index (χ3n) is 7.45. The fraction of sp³-hybridized carbons (Fsp3) is 0.636. The number of methoxy groups -OCH3 is 1. The second-order valence-electron chi connectivity index (χ2n) is 9.70. The topological polar surface area (TPSA) is 164 Å². The van der Waals surface area contributed by atoms with E-state index in [0.717, 1.165) is 19.3 Å². The number of H-pyrrole nitrogens is 1. The number of nitrogens with zero attached hydrogens (tertiary/aromatic N) is 7. The Labute approximate surface area is 214 Å². The van der Waals surface area contributed by atoms with E-state index in [4.69, 9.17) is 10.00 Å². The molecule has 5 rings (SSSR count). The number of piperidine rings is 2. The van der Waals surface area contributed by atoms with Gasteiger partial charge in [0.1, 0.15) is 5.82 Å². The number of ether oxygens (including phenoxy) is 1. The van der Waals surface area contributed by atoms with E-state index in [1.54, 1.807) is 4.31 Å². The molecule has 3 N–H and O–H groups in total.